The summed E-state index contributed by atoms with van der Waals surface area (Å²) in [5.41, 5.74) is 7.01. The molecule has 2 aromatic carbocycles. The molecule has 106 valence electrons. The minimum absolute atomic E-state index is 0.247. The van der Waals surface area contributed by atoms with Crippen LogP contribution in [-0.4, -0.2) is 5.11 Å². The Hall–Kier alpha value is -0.780. The van der Waals surface area contributed by atoms with Crippen LogP contribution in [0.1, 0.15) is 11.1 Å². The molecule has 0 atom stereocenters. The van der Waals surface area contributed by atoms with E-state index in [0.29, 0.717) is 15.6 Å². The predicted octanol–water partition coefficient (Wildman–Crippen LogP) is 4.23. The van der Waals surface area contributed by atoms with E-state index in [1.165, 1.54) is 23.9 Å². The van der Waals surface area contributed by atoms with Gasteiger partial charge in [0.2, 0.25) is 0 Å². The lowest BCUT2D eigenvalue weighted by Crippen LogP contribution is -1.99. The third-order valence-corrected chi connectivity index (χ3v) is 4.64. The molecule has 2 nitrogen and oxygen atoms in total. The summed E-state index contributed by atoms with van der Waals surface area (Å²) in [5, 5.41) is 10.3. The van der Waals surface area contributed by atoms with Gasteiger partial charge in [0.1, 0.15) is 5.82 Å². The molecule has 0 amide bonds. The second-order valence-corrected chi connectivity index (χ2v) is 5.99. The largest absolute Gasteiger partial charge is 0.392 e. The van der Waals surface area contributed by atoms with Crippen LogP contribution in [0.5, 0.6) is 0 Å². The third-order valence-electron chi connectivity index (χ3n) is 2.71. The summed E-state index contributed by atoms with van der Waals surface area (Å²) in [7, 11) is 0. The maximum absolute atomic E-state index is 13.2. The Morgan fingerprint density at radius 3 is 2.55 bits per heavy atom. The topological polar surface area (TPSA) is 46.2 Å². The zero-order valence-corrected chi connectivity index (χ0v) is 12.7. The smallest absolute Gasteiger partial charge is 0.123 e. The highest BCUT2D eigenvalue weighted by molar-refractivity contribution is 7.99. The number of nitrogens with two attached hydrogens (primary N) is 1. The van der Waals surface area contributed by atoms with Crippen LogP contribution in [0.3, 0.4) is 0 Å². The first-order valence-corrected chi connectivity index (χ1v) is 7.37. The van der Waals surface area contributed by atoms with E-state index >= 15 is 0 Å². The van der Waals surface area contributed by atoms with Gasteiger partial charge in [-0.2, -0.15) is 0 Å². The standard InChI is InChI=1S/C14H12Cl2FNOS/c15-10-3-8(6-18)14(12(16)5-10)20-13-2-1-11(17)4-9(13)7-19/h1-5,19H,6-7,18H2. The van der Waals surface area contributed by atoms with Crippen molar-refractivity contribution in [2.24, 2.45) is 5.73 Å². The fourth-order valence-corrected chi connectivity index (χ4v) is 3.45. The molecule has 0 fully saturated rings. The van der Waals surface area contributed by atoms with Gasteiger partial charge in [-0.05, 0) is 41.5 Å². The number of aliphatic hydroxyl groups is 1. The first-order valence-electron chi connectivity index (χ1n) is 5.80. The van der Waals surface area contributed by atoms with Crippen LogP contribution in [0.2, 0.25) is 10.0 Å². The van der Waals surface area contributed by atoms with Crippen LogP contribution < -0.4 is 5.73 Å². The predicted molar refractivity (Wildman–Crippen MR) is 80.8 cm³/mol. The highest BCUT2D eigenvalue weighted by Gasteiger charge is 2.12. The summed E-state index contributed by atoms with van der Waals surface area (Å²) in [6.45, 7) is 0.0432. The Balaban J connectivity index is 2.44. The van der Waals surface area contributed by atoms with Gasteiger partial charge in [0, 0.05) is 21.4 Å². The van der Waals surface area contributed by atoms with Crippen LogP contribution in [0.4, 0.5) is 4.39 Å². The number of aliphatic hydroxyl groups excluding tert-OH is 1. The first kappa shape index (κ1) is 15.6. The van der Waals surface area contributed by atoms with Gasteiger partial charge < -0.3 is 10.8 Å². The maximum Gasteiger partial charge on any atom is 0.123 e. The molecule has 0 aliphatic carbocycles. The molecule has 0 aliphatic rings. The van der Waals surface area contributed by atoms with Crippen molar-refractivity contribution in [3.05, 3.63) is 57.3 Å². The number of hydrogen-bond acceptors (Lipinski definition) is 3. The molecule has 0 spiro atoms. The molecule has 0 saturated carbocycles. The van der Waals surface area contributed by atoms with E-state index in [4.69, 9.17) is 28.9 Å². The number of hydrogen-bond donors (Lipinski definition) is 2. The van der Waals surface area contributed by atoms with E-state index in [9.17, 15) is 9.50 Å². The fraction of sp³-hybridized carbons (Fsp3) is 0.143. The Labute approximate surface area is 130 Å². The van der Waals surface area contributed by atoms with E-state index in [-0.39, 0.29) is 19.0 Å². The molecular formula is C14H12Cl2FNOS. The van der Waals surface area contributed by atoms with Gasteiger partial charge in [-0.3, -0.25) is 0 Å². The van der Waals surface area contributed by atoms with Crippen molar-refractivity contribution in [1.82, 2.24) is 0 Å². The van der Waals surface area contributed by atoms with Gasteiger partial charge in [-0.15, -0.1) is 0 Å². The van der Waals surface area contributed by atoms with Crippen LogP contribution in [0.25, 0.3) is 0 Å². The van der Waals surface area contributed by atoms with Crippen LogP contribution in [-0.2, 0) is 13.2 Å². The molecule has 0 heterocycles. The number of rotatable bonds is 4. The summed E-state index contributed by atoms with van der Waals surface area (Å²) < 4.78 is 13.2. The average molecular weight is 332 g/mol. The van der Waals surface area contributed by atoms with Crippen LogP contribution in [0, 0.1) is 5.82 Å². The minimum atomic E-state index is -0.389. The average Bonchev–Trinajstić information content (AvgIpc) is 2.42. The van der Waals surface area contributed by atoms with Gasteiger partial charge >= 0.3 is 0 Å². The summed E-state index contributed by atoms with van der Waals surface area (Å²) in [5.74, 6) is -0.389. The van der Waals surface area contributed by atoms with Crippen molar-refractivity contribution < 1.29 is 9.50 Å². The molecule has 3 N–H and O–H groups in total. The van der Waals surface area contributed by atoms with Crippen molar-refractivity contribution >= 4 is 35.0 Å². The molecule has 0 unspecified atom stereocenters. The van der Waals surface area contributed by atoms with Gasteiger partial charge in [0.25, 0.3) is 0 Å². The molecule has 0 aliphatic heterocycles. The summed E-state index contributed by atoms with van der Waals surface area (Å²) in [6, 6.07) is 7.63. The van der Waals surface area contributed by atoms with E-state index in [2.05, 4.69) is 0 Å². The third kappa shape index (κ3) is 3.45. The lowest BCUT2D eigenvalue weighted by atomic mass is 10.2. The normalized spacial score (nSPS) is 10.8. The lowest BCUT2D eigenvalue weighted by molar-refractivity contribution is 0.278. The van der Waals surface area contributed by atoms with Gasteiger partial charge in [0.05, 0.1) is 11.6 Å². The Morgan fingerprint density at radius 2 is 1.90 bits per heavy atom. The molecule has 0 radical (unpaired) electrons. The second-order valence-electron chi connectivity index (χ2n) is 4.09. The zero-order chi connectivity index (χ0) is 14.7. The monoisotopic (exact) mass is 331 g/mol. The Morgan fingerprint density at radius 1 is 1.15 bits per heavy atom. The van der Waals surface area contributed by atoms with Gasteiger partial charge in [-0.25, -0.2) is 4.39 Å². The quantitative estimate of drug-likeness (QED) is 0.880. The van der Waals surface area contributed by atoms with Gasteiger partial charge in [-0.1, -0.05) is 35.0 Å². The highest BCUT2D eigenvalue weighted by Crippen LogP contribution is 2.39. The highest BCUT2D eigenvalue weighted by atomic mass is 35.5. The van der Waals surface area contributed by atoms with Crippen molar-refractivity contribution in [3.8, 4) is 0 Å². The van der Waals surface area contributed by atoms with Crippen molar-refractivity contribution in [3.63, 3.8) is 0 Å². The molecule has 2 rings (SSSR count). The van der Waals surface area contributed by atoms with Crippen molar-refractivity contribution in [1.29, 1.82) is 0 Å². The number of halogens is 3. The molecule has 6 heteroatoms. The Kier molecular flexibility index (Phi) is 5.29. The van der Waals surface area contributed by atoms with Crippen LogP contribution in [0.15, 0.2) is 40.1 Å². The Bertz CT molecular complexity index is 637. The maximum atomic E-state index is 13.2. The fourth-order valence-electron chi connectivity index (χ4n) is 1.76. The molecular weight excluding hydrogens is 320 g/mol. The van der Waals surface area contributed by atoms with Gasteiger partial charge in [0.15, 0.2) is 0 Å². The van der Waals surface area contributed by atoms with E-state index in [0.717, 1.165) is 15.4 Å². The molecule has 0 bridgehead atoms. The molecule has 0 saturated heterocycles. The van der Waals surface area contributed by atoms with Crippen molar-refractivity contribution in [2.45, 2.75) is 22.9 Å². The molecule has 0 aromatic heterocycles. The lowest BCUT2D eigenvalue weighted by Gasteiger charge is -2.12. The SMILES string of the molecule is NCc1cc(Cl)cc(Cl)c1Sc1ccc(F)cc1CO. The first-order chi connectivity index (χ1) is 9.55. The van der Waals surface area contributed by atoms with E-state index < -0.39 is 0 Å². The summed E-state index contributed by atoms with van der Waals surface area (Å²) in [6.07, 6.45) is 0. The zero-order valence-electron chi connectivity index (χ0n) is 10.4. The van der Waals surface area contributed by atoms with Crippen LogP contribution >= 0.6 is 35.0 Å². The number of benzene rings is 2. The van der Waals surface area contributed by atoms with Crippen molar-refractivity contribution in [2.75, 3.05) is 0 Å². The van der Waals surface area contributed by atoms with E-state index in [1.807, 2.05) is 0 Å². The summed E-state index contributed by atoms with van der Waals surface area (Å²) in [4.78, 5) is 1.49. The minimum Gasteiger partial charge on any atom is -0.392 e. The molecule has 2 aromatic rings. The summed E-state index contributed by atoms with van der Waals surface area (Å²) >= 11 is 13.5. The molecule has 20 heavy (non-hydrogen) atoms. The van der Waals surface area contributed by atoms with E-state index in [1.54, 1.807) is 18.2 Å². The second kappa shape index (κ2) is 6.78.